The zero-order chi connectivity index (χ0) is 11.5. The van der Waals surface area contributed by atoms with Gasteiger partial charge in [0.25, 0.3) is 0 Å². The molecular formula is C11H13N3O2. The SMILES string of the molecule is Cc1ccc(CCC(=O)O)n1-c1cn[nH]c1. The van der Waals surface area contributed by atoms with E-state index < -0.39 is 5.97 Å². The minimum Gasteiger partial charge on any atom is -0.481 e. The summed E-state index contributed by atoms with van der Waals surface area (Å²) < 4.78 is 2.01. The van der Waals surface area contributed by atoms with Gasteiger partial charge in [0.15, 0.2) is 0 Å². The third-order valence-electron chi connectivity index (χ3n) is 2.49. The van der Waals surface area contributed by atoms with Crippen molar-refractivity contribution in [1.82, 2.24) is 14.8 Å². The Kier molecular flexibility index (Phi) is 2.76. The van der Waals surface area contributed by atoms with Gasteiger partial charge in [0, 0.05) is 17.6 Å². The Hall–Kier alpha value is -2.04. The number of nitrogens with zero attached hydrogens (tertiary/aromatic N) is 2. The van der Waals surface area contributed by atoms with Crippen LogP contribution in [-0.2, 0) is 11.2 Å². The van der Waals surface area contributed by atoms with Crippen LogP contribution in [0.25, 0.3) is 5.69 Å². The van der Waals surface area contributed by atoms with Crippen LogP contribution in [0.15, 0.2) is 24.5 Å². The molecule has 0 aliphatic carbocycles. The molecule has 0 aliphatic heterocycles. The summed E-state index contributed by atoms with van der Waals surface area (Å²) in [6.07, 6.45) is 4.17. The molecule has 16 heavy (non-hydrogen) atoms. The first-order valence-corrected chi connectivity index (χ1v) is 5.06. The molecule has 0 aliphatic rings. The Labute approximate surface area is 92.7 Å². The quantitative estimate of drug-likeness (QED) is 0.819. The molecule has 2 rings (SSSR count). The molecule has 2 N–H and O–H groups in total. The smallest absolute Gasteiger partial charge is 0.303 e. The van der Waals surface area contributed by atoms with E-state index in [1.807, 2.05) is 23.6 Å². The zero-order valence-electron chi connectivity index (χ0n) is 8.97. The average molecular weight is 219 g/mol. The summed E-state index contributed by atoms with van der Waals surface area (Å²) in [5, 5.41) is 15.3. The van der Waals surface area contributed by atoms with Crippen LogP contribution in [0, 0.1) is 6.92 Å². The van der Waals surface area contributed by atoms with Gasteiger partial charge in [-0.15, -0.1) is 0 Å². The van der Waals surface area contributed by atoms with Gasteiger partial charge in [-0.1, -0.05) is 0 Å². The highest BCUT2D eigenvalue weighted by Crippen LogP contribution is 2.16. The lowest BCUT2D eigenvalue weighted by molar-refractivity contribution is -0.136. The highest BCUT2D eigenvalue weighted by Gasteiger charge is 2.09. The van der Waals surface area contributed by atoms with Crippen LogP contribution in [0.5, 0.6) is 0 Å². The molecule has 0 fully saturated rings. The molecule has 0 aromatic carbocycles. The van der Waals surface area contributed by atoms with Crippen molar-refractivity contribution in [3.8, 4) is 5.69 Å². The number of aliphatic carboxylic acids is 1. The fourth-order valence-corrected chi connectivity index (χ4v) is 1.76. The van der Waals surface area contributed by atoms with Gasteiger partial charge in [0.1, 0.15) is 0 Å². The van der Waals surface area contributed by atoms with Gasteiger partial charge < -0.3 is 9.67 Å². The third-order valence-corrected chi connectivity index (χ3v) is 2.49. The number of nitrogens with one attached hydrogen (secondary N) is 1. The third kappa shape index (κ3) is 1.98. The van der Waals surface area contributed by atoms with Gasteiger partial charge in [-0.25, -0.2) is 0 Å². The molecule has 0 unspecified atom stereocenters. The molecule has 0 amide bonds. The maximum Gasteiger partial charge on any atom is 0.303 e. The first-order chi connectivity index (χ1) is 7.68. The van der Waals surface area contributed by atoms with E-state index in [1.54, 1.807) is 12.4 Å². The van der Waals surface area contributed by atoms with E-state index >= 15 is 0 Å². The number of aromatic amines is 1. The average Bonchev–Trinajstić information content (AvgIpc) is 2.83. The van der Waals surface area contributed by atoms with E-state index in [-0.39, 0.29) is 6.42 Å². The molecule has 2 aromatic rings. The monoisotopic (exact) mass is 219 g/mol. The molecule has 0 bridgehead atoms. The number of hydrogen-bond donors (Lipinski definition) is 2. The fraction of sp³-hybridized carbons (Fsp3) is 0.273. The molecule has 0 saturated heterocycles. The molecule has 2 aromatic heterocycles. The molecule has 0 saturated carbocycles. The molecular weight excluding hydrogens is 206 g/mol. The standard InChI is InChI=1S/C11H13N3O2/c1-8-2-3-9(4-5-11(15)16)14(8)10-6-12-13-7-10/h2-3,6-7H,4-5H2,1H3,(H,12,13)(H,15,16). The van der Waals surface area contributed by atoms with Crippen molar-refractivity contribution < 1.29 is 9.90 Å². The van der Waals surface area contributed by atoms with Gasteiger partial charge >= 0.3 is 5.97 Å². The van der Waals surface area contributed by atoms with Gasteiger partial charge in [-0.05, 0) is 25.5 Å². The first kappa shape index (κ1) is 10.5. The summed E-state index contributed by atoms with van der Waals surface area (Å²) in [4.78, 5) is 10.5. The van der Waals surface area contributed by atoms with Crippen molar-refractivity contribution in [2.45, 2.75) is 19.8 Å². The molecule has 0 radical (unpaired) electrons. The largest absolute Gasteiger partial charge is 0.481 e. The van der Waals surface area contributed by atoms with E-state index in [0.29, 0.717) is 6.42 Å². The number of carbonyl (C=O) groups is 1. The van der Waals surface area contributed by atoms with Crippen LogP contribution < -0.4 is 0 Å². The number of carboxylic acid groups (broad SMARTS) is 1. The van der Waals surface area contributed by atoms with Crippen LogP contribution in [0.4, 0.5) is 0 Å². The fourth-order valence-electron chi connectivity index (χ4n) is 1.76. The maximum atomic E-state index is 10.5. The maximum absolute atomic E-state index is 10.5. The summed E-state index contributed by atoms with van der Waals surface area (Å²) >= 11 is 0. The Bertz CT molecular complexity index is 485. The van der Waals surface area contributed by atoms with Gasteiger partial charge in [-0.3, -0.25) is 9.89 Å². The highest BCUT2D eigenvalue weighted by molar-refractivity contribution is 5.67. The van der Waals surface area contributed by atoms with Crippen LogP contribution in [-0.4, -0.2) is 25.8 Å². The van der Waals surface area contributed by atoms with E-state index in [1.165, 1.54) is 0 Å². The minimum atomic E-state index is -0.780. The summed E-state index contributed by atoms with van der Waals surface area (Å²) in [5.74, 6) is -0.780. The summed E-state index contributed by atoms with van der Waals surface area (Å²) in [6, 6.07) is 3.93. The van der Waals surface area contributed by atoms with Gasteiger partial charge in [0.05, 0.1) is 18.3 Å². The second kappa shape index (κ2) is 4.22. The number of H-pyrrole nitrogens is 1. The van der Waals surface area contributed by atoms with Gasteiger partial charge in [0.2, 0.25) is 0 Å². The Morgan fingerprint density at radius 2 is 2.38 bits per heavy atom. The topological polar surface area (TPSA) is 70.9 Å². The molecule has 0 spiro atoms. The number of rotatable bonds is 4. The Morgan fingerprint density at radius 3 is 3.00 bits per heavy atom. The number of hydrogen-bond acceptors (Lipinski definition) is 2. The van der Waals surface area contributed by atoms with Crippen LogP contribution in [0.2, 0.25) is 0 Å². The predicted molar refractivity (Wildman–Crippen MR) is 58.6 cm³/mol. The van der Waals surface area contributed by atoms with E-state index in [0.717, 1.165) is 17.1 Å². The normalized spacial score (nSPS) is 10.6. The summed E-state index contributed by atoms with van der Waals surface area (Å²) in [5.41, 5.74) is 2.99. The summed E-state index contributed by atoms with van der Waals surface area (Å²) in [7, 11) is 0. The predicted octanol–water partition coefficient (Wildman–Crippen LogP) is 1.53. The summed E-state index contributed by atoms with van der Waals surface area (Å²) in [6.45, 7) is 1.98. The highest BCUT2D eigenvalue weighted by atomic mass is 16.4. The molecule has 5 nitrogen and oxygen atoms in total. The van der Waals surface area contributed by atoms with Crippen LogP contribution >= 0.6 is 0 Å². The molecule has 2 heterocycles. The molecule has 0 atom stereocenters. The Balaban J connectivity index is 2.29. The Morgan fingerprint density at radius 1 is 1.56 bits per heavy atom. The van der Waals surface area contributed by atoms with Crippen molar-refractivity contribution >= 4 is 5.97 Å². The molecule has 84 valence electrons. The number of aryl methyl sites for hydroxylation is 2. The lowest BCUT2D eigenvalue weighted by Crippen LogP contribution is -2.04. The number of aromatic nitrogens is 3. The second-order valence-corrected chi connectivity index (χ2v) is 3.65. The number of carboxylic acids is 1. The van der Waals surface area contributed by atoms with E-state index in [2.05, 4.69) is 10.2 Å². The lowest BCUT2D eigenvalue weighted by Gasteiger charge is -2.07. The molecule has 5 heteroatoms. The van der Waals surface area contributed by atoms with E-state index in [4.69, 9.17) is 5.11 Å². The van der Waals surface area contributed by atoms with Crippen LogP contribution in [0.1, 0.15) is 17.8 Å². The second-order valence-electron chi connectivity index (χ2n) is 3.65. The van der Waals surface area contributed by atoms with Crippen molar-refractivity contribution in [3.05, 3.63) is 35.9 Å². The van der Waals surface area contributed by atoms with Crippen molar-refractivity contribution in [3.63, 3.8) is 0 Å². The zero-order valence-corrected chi connectivity index (χ0v) is 8.97. The minimum absolute atomic E-state index is 0.140. The first-order valence-electron chi connectivity index (χ1n) is 5.06. The van der Waals surface area contributed by atoms with Crippen molar-refractivity contribution in [1.29, 1.82) is 0 Å². The van der Waals surface area contributed by atoms with Gasteiger partial charge in [-0.2, -0.15) is 5.10 Å². The van der Waals surface area contributed by atoms with Crippen molar-refractivity contribution in [2.75, 3.05) is 0 Å². The van der Waals surface area contributed by atoms with E-state index in [9.17, 15) is 4.79 Å². The lowest BCUT2D eigenvalue weighted by atomic mass is 10.2. The van der Waals surface area contributed by atoms with Crippen LogP contribution in [0.3, 0.4) is 0 Å². The van der Waals surface area contributed by atoms with Crippen molar-refractivity contribution in [2.24, 2.45) is 0 Å².